The molecule has 0 radical (unpaired) electrons. The Hall–Kier alpha value is -1.95. The minimum absolute atomic E-state index is 0. The molecule has 2 aromatic rings. The van der Waals surface area contributed by atoms with E-state index in [1.807, 2.05) is 20.8 Å². The first-order valence-electron chi connectivity index (χ1n) is 9.30. The second-order valence-electron chi connectivity index (χ2n) is 6.53. The van der Waals surface area contributed by atoms with E-state index in [2.05, 4.69) is 25.5 Å². The van der Waals surface area contributed by atoms with Gasteiger partial charge in [0.2, 0.25) is 0 Å². The molecule has 0 spiro atoms. The van der Waals surface area contributed by atoms with Crippen molar-refractivity contribution in [3.63, 3.8) is 0 Å². The first-order valence-corrected chi connectivity index (χ1v) is 11.1. The highest BCUT2D eigenvalue weighted by molar-refractivity contribution is 7.09. The van der Waals surface area contributed by atoms with Crippen molar-refractivity contribution in [1.82, 2.24) is 25.5 Å². The molecule has 0 saturated carbocycles. The molecule has 0 bridgehead atoms. The normalized spacial score (nSPS) is 12.5. The Kier molecular flexibility index (Phi) is 12.3. The molecule has 0 saturated heterocycles. The number of ether oxygens (including phenoxy) is 2. The van der Waals surface area contributed by atoms with E-state index in [4.69, 9.17) is 9.47 Å². The number of nitrogens with zero attached hydrogens (tertiary/aromatic N) is 3. The van der Waals surface area contributed by atoms with Crippen LogP contribution in [0.2, 0.25) is 0 Å². The average Bonchev–Trinajstić information content (AvgIpc) is 3.37. The predicted octanol–water partition coefficient (Wildman–Crippen LogP) is 3.27. The van der Waals surface area contributed by atoms with Crippen molar-refractivity contribution in [3.05, 3.63) is 33.2 Å². The van der Waals surface area contributed by atoms with Crippen LogP contribution in [-0.2, 0) is 22.7 Å². The van der Waals surface area contributed by atoms with E-state index in [0.717, 1.165) is 16.3 Å². The van der Waals surface area contributed by atoms with E-state index in [1.165, 1.54) is 22.7 Å². The Bertz CT molecular complexity index is 673. The SMILES string of the molecule is CCN(C[C@H](C)NC(=O)OCc1cncs1)C[C@H](C)NC(=O)OCc1cncs1.Cl. The Morgan fingerprint density at radius 3 is 1.73 bits per heavy atom. The number of carbonyl (C=O) groups is 2. The van der Waals surface area contributed by atoms with Crippen LogP contribution in [0.4, 0.5) is 9.59 Å². The number of aromatic nitrogens is 2. The number of nitrogens with one attached hydrogen (secondary N) is 2. The number of hydrogen-bond acceptors (Lipinski definition) is 9. The van der Waals surface area contributed by atoms with Crippen LogP contribution in [0.5, 0.6) is 0 Å². The predicted molar refractivity (Wildman–Crippen MR) is 119 cm³/mol. The van der Waals surface area contributed by atoms with Crippen LogP contribution >= 0.6 is 35.1 Å². The van der Waals surface area contributed by atoms with Gasteiger partial charge in [0.15, 0.2) is 0 Å². The van der Waals surface area contributed by atoms with Gasteiger partial charge in [-0.3, -0.25) is 14.9 Å². The van der Waals surface area contributed by atoms with Crippen LogP contribution in [-0.4, -0.2) is 58.8 Å². The Balaban J connectivity index is 0.00000450. The van der Waals surface area contributed by atoms with Gasteiger partial charge in [0.25, 0.3) is 0 Å². The second kappa shape index (κ2) is 14.1. The van der Waals surface area contributed by atoms with Gasteiger partial charge in [-0.25, -0.2) is 9.59 Å². The molecule has 168 valence electrons. The summed E-state index contributed by atoms with van der Waals surface area (Å²) in [6, 6.07) is -0.205. The summed E-state index contributed by atoms with van der Waals surface area (Å²) in [6.07, 6.45) is 2.44. The van der Waals surface area contributed by atoms with E-state index in [9.17, 15) is 9.59 Å². The van der Waals surface area contributed by atoms with Crippen LogP contribution in [0.3, 0.4) is 0 Å². The molecule has 0 aliphatic heterocycles. The van der Waals surface area contributed by atoms with Crippen molar-refractivity contribution in [2.75, 3.05) is 19.6 Å². The van der Waals surface area contributed by atoms with Gasteiger partial charge < -0.3 is 20.1 Å². The van der Waals surface area contributed by atoms with Gasteiger partial charge in [-0.2, -0.15) is 0 Å². The minimum Gasteiger partial charge on any atom is -0.444 e. The number of carbonyl (C=O) groups excluding carboxylic acids is 2. The standard InChI is InChI=1S/C18H27N5O4S2.ClH/c1-4-23(7-13(2)21-17(24)26-9-15-5-19-11-28-15)8-14(3)22-18(25)27-10-16-6-20-12-29-16;/h5-6,11-14H,4,7-10H2,1-3H3,(H,21,24)(H,22,25);1H/t13-,14-;/m0./s1. The quantitative estimate of drug-likeness (QED) is 0.511. The molecule has 2 atom stereocenters. The molecule has 2 aromatic heterocycles. The van der Waals surface area contributed by atoms with E-state index < -0.39 is 12.2 Å². The molecule has 2 N–H and O–H groups in total. The number of hydrogen-bond donors (Lipinski definition) is 2. The fourth-order valence-corrected chi connectivity index (χ4v) is 3.60. The van der Waals surface area contributed by atoms with E-state index in [-0.39, 0.29) is 37.7 Å². The number of likely N-dealkylation sites (N-methyl/N-ethyl adjacent to an activating group) is 1. The number of alkyl carbamates (subject to hydrolysis) is 2. The Morgan fingerprint density at radius 2 is 1.40 bits per heavy atom. The monoisotopic (exact) mass is 477 g/mol. The topological polar surface area (TPSA) is 106 Å². The molecule has 2 rings (SSSR count). The summed E-state index contributed by atoms with van der Waals surface area (Å²) in [4.78, 5) is 35.6. The number of amides is 2. The summed E-state index contributed by atoms with van der Waals surface area (Å²) in [5.74, 6) is 0. The highest BCUT2D eigenvalue weighted by atomic mass is 35.5. The van der Waals surface area contributed by atoms with E-state index >= 15 is 0 Å². The van der Waals surface area contributed by atoms with Crippen LogP contribution in [0.25, 0.3) is 0 Å². The maximum atomic E-state index is 11.9. The molecular weight excluding hydrogens is 450 g/mol. The zero-order chi connectivity index (χ0) is 21.1. The fraction of sp³-hybridized carbons (Fsp3) is 0.556. The van der Waals surface area contributed by atoms with Crippen molar-refractivity contribution in [3.8, 4) is 0 Å². The lowest BCUT2D eigenvalue weighted by atomic mass is 10.2. The van der Waals surface area contributed by atoms with Crippen LogP contribution in [0, 0.1) is 0 Å². The van der Waals surface area contributed by atoms with Crippen LogP contribution in [0.1, 0.15) is 30.5 Å². The largest absolute Gasteiger partial charge is 0.444 e. The molecule has 2 heterocycles. The highest BCUT2D eigenvalue weighted by Gasteiger charge is 2.16. The summed E-state index contributed by atoms with van der Waals surface area (Å²) < 4.78 is 10.4. The van der Waals surface area contributed by atoms with Gasteiger partial charge >= 0.3 is 12.2 Å². The van der Waals surface area contributed by atoms with Crippen molar-refractivity contribution >= 4 is 47.3 Å². The first kappa shape index (κ1) is 26.1. The zero-order valence-corrected chi connectivity index (χ0v) is 19.6. The van der Waals surface area contributed by atoms with Gasteiger partial charge in [0.05, 0.1) is 20.8 Å². The summed E-state index contributed by atoms with van der Waals surface area (Å²) in [5.41, 5.74) is 3.39. The molecule has 9 nitrogen and oxygen atoms in total. The Labute approximate surface area is 190 Å². The van der Waals surface area contributed by atoms with Crippen molar-refractivity contribution in [1.29, 1.82) is 0 Å². The van der Waals surface area contributed by atoms with E-state index in [1.54, 1.807) is 23.4 Å². The number of halogens is 1. The molecule has 0 fully saturated rings. The Morgan fingerprint density at radius 1 is 0.967 bits per heavy atom. The van der Waals surface area contributed by atoms with Gasteiger partial charge in [-0.1, -0.05) is 6.92 Å². The fourth-order valence-electron chi connectivity index (χ4n) is 2.58. The first-order chi connectivity index (χ1) is 14.0. The lowest BCUT2D eigenvalue weighted by Gasteiger charge is -2.27. The number of thiazole rings is 2. The minimum atomic E-state index is -0.459. The third-order valence-corrected chi connectivity index (χ3v) is 5.40. The van der Waals surface area contributed by atoms with Crippen LogP contribution < -0.4 is 10.6 Å². The van der Waals surface area contributed by atoms with E-state index in [0.29, 0.717) is 13.1 Å². The molecule has 0 aliphatic rings. The average molecular weight is 478 g/mol. The summed E-state index contributed by atoms with van der Waals surface area (Å²) in [5, 5.41) is 5.64. The lowest BCUT2D eigenvalue weighted by Crippen LogP contribution is -2.47. The molecule has 0 aromatic carbocycles. The van der Waals surface area contributed by atoms with Crippen molar-refractivity contribution < 1.29 is 19.1 Å². The van der Waals surface area contributed by atoms with Gasteiger partial charge in [-0.05, 0) is 20.4 Å². The smallest absolute Gasteiger partial charge is 0.407 e. The lowest BCUT2D eigenvalue weighted by molar-refractivity contribution is 0.130. The maximum Gasteiger partial charge on any atom is 0.407 e. The molecule has 30 heavy (non-hydrogen) atoms. The maximum absolute atomic E-state index is 11.9. The van der Waals surface area contributed by atoms with Crippen LogP contribution in [0.15, 0.2) is 23.4 Å². The number of rotatable bonds is 11. The molecular formula is C18H28ClN5O4S2. The van der Waals surface area contributed by atoms with Gasteiger partial charge in [0, 0.05) is 37.6 Å². The summed E-state index contributed by atoms with van der Waals surface area (Å²) in [6.45, 7) is 8.34. The summed E-state index contributed by atoms with van der Waals surface area (Å²) >= 11 is 2.88. The molecule has 12 heteroatoms. The zero-order valence-electron chi connectivity index (χ0n) is 17.2. The third kappa shape index (κ3) is 10.2. The van der Waals surface area contributed by atoms with Crippen molar-refractivity contribution in [2.24, 2.45) is 0 Å². The third-order valence-electron chi connectivity index (χ3n) is 3.90. The molecule has 0 aliphatic carbocycles. The second-order valence-corrected chi connectivity index (χ2v) is 8.47. The van der Waals surface area contributed by atoms with Gasteiger partial charge in [0.1, 0.15) is 13.2 Å². The summed E-state index contributed by atoms with van der Waals surface area (Å²) in [7, 11) is 0. The molecule has 0 unspecified atom stereocenters. The van der Waals surface area contributed by atoms with Crippen molar-refractivity contribution in [2.45, 2.75) is 46.1 Å². The van der Waals surface area contributed by atoms with Gasteiger partial charge in [-0.15, -0.1) is 35.1 Å². The molecule has 2 amide bonds. The highest BCUT2D eigenvalue weighted by Crippen LogP contribution is 2.08.